The molecule has 0 fully saturated rings. The molecule has 100 valence electrons. The van der Waals surface area contributed by atoms with E-state index >= 15 is 0 Å². The van der Waals surface area contributed by atoms with Crippen molar-refractivity contribution >= 4 is 17.7 Å². The summed E-state index contributed by atoms with van der Waals surface area (Å²) in [6.07, 6.45) is 2.25. The van der Waals surface area contributed by atoms with Gasteiger partial charge in [0.15, 0.2) is 0 Å². The summed E-state index contributed by atoms with van der Waals surface area (Å²) in [5.74, 6) is -0.738. The van der Waals surface area contributed by atoms with Crippen molar-refractivity contribution in [1.29, 1.82) is 0 Å². The average molecular weight is 267 g/mol. The lowest BCUT2D eigenvalue weighted by Crippen LogP contribution is -2.32. The van der Waals surface area contributed by atoms with Gasteiger partial charge in [-0.15, -0.1) is 11.8 Å². The summed E-state index contributed by atoms with van der Waals surface area (Å²) in [6, 6.07) is 8.79. The van der Waals surface area contributed by atoms with Crippen LogP contribution in [-0.4, -0.2) is 34.8 Å². The molecule has 0 unspecified atom stereocenters. The fraction of sp³-hybridized carbons (Fsp3) is 0.500. The van der Waals surface area contributed by atoms with Gasteiger partial charge >= 0.3 is 5.97 Å². The minimum atomic E-state index is -0.738. The third kappa shape index (κ3) is 5.10. The minimum Gasteiger partial charge on any atom is -0.481 e. The van der Waals surface area contributed by atoms with Crippen LogP contribution in [0.4, 0.5) is 0 Å². The smallest absolute Gasteiger partial charge is 0.304 e. The van der Waals surface area contributed by atoms with E-state index in [-0.39, 0.29) is 6.42 Å². The fourth-order valence-corrected chi connectivity index (χ4v) is 2.13. The second kappa shape index (κ2) is 7.44. The maximum absolute atomic E-state index is 10.6. The molecule has 0 atom stereocenters. The number of aliphatic carboxylic acids is 1. The number of carboxylic acid groups (broad SMARTS) is 1. The topological polar surface area (TPSA) is 40.5 Å². The number of nitrogens with zero attached hydrogens (tertiary/aromatic N) is 1. The van der Waals surface area contributed by atoms with Crippen LogP contribution in [0.15, 0.2) is 29.2 Å². The Morgan fingerprint density at radius 2 is 1.94 bits per heavy atom. The molecule has 4 heteroatoms. The van der Waals surface area contributed by atoms with E-state index in [1.54, 1.807) is 11.8 Å². The SMILES string of the molecule is CSc1ccc(CN(CCC(=O)O)C(C)C)cc1. The number of thioether (sulfide) groups is 1. The molecule has 0 aliphatic carbocycles. The van der Waals surface area contributed by atoms with E-state index in [0.29, 0.717) is 12.6 Å². The van der Waals surface area contributed by atoms with Crippen LogP contribution < -0.4 is 0 Å². The van der Waals surface area contributed by atoms with Gasteiger partial charge in [-0.3, -0.25) is 9.69 Å². The van der Waals surface area contributed by atoms with Gasteiger partial charge in [0, 0.05) is 24.0 Å². The molecule has 0 aromatic heterocycles. The molecular formula is C14H21NO2S. The standard InChI is InChI=1S/C14H21NO2S/c1-11(2)15(9-8-14(16)17)10-12-4-6-13(18-3)7-5-12/h4-7,11H,8-10H2,1-3H3,(H,16,17). The molecule has 0 radical (unpaired) electrons. The van der Waals surface area contributed by atoms with Crippen LogP contribution in [0.1, 0.15) is 25.8 Å². The summed E-state index contributed by atoms with van der Waals surface area (Å²) in [7, 11) is 0. The molecule has 18 heavy (non-hydrogen) atoms. The van der Waals surface area contributed by atoms with Crippen molar-refractivity contribution in [3.63, 3.8) is 0 Å². The van der Waals surface area contributed by atoms with E-state index in [1.807, 2.05) is 0 Å². The molecule has 0 bridgehead atoms. The Labute approximate surface area is 113 Å². The van der Waals surface area contributed by atoms with Gasteiger partial charge in [0.05, 0.1) is 6.42 Å². The van der Waals surface area contributed by atoms with Crippen LogP contribution in [0.3, 0.4) is 0 Å². The first kappa shape index (κ1) is 15.1. The highest BCUT2D eigenvalue weighted by atomic mass is 32.2. The van der Waals surface area contributed by atoms with Crippen LogP contribution >= 0.6 is 11.8 Å². The number of hydrogen-bond acceptors (Lipinski definition) is 3. The lowest BCUT2D eigenvalue weighted by molar-refractivity contribution is -0.137. The monoisotopic (exact) mass is 267 g/mol. The highest BCUT2D eigenvalue weighted by Gasteiger charge is 2.11. The zero-order valence-electron chi connectivity index (χ0n) is 11.2. The number of hydrogen-bond donors (Lipinski definition) is 1. The Morgan fingerprint density at radius 3 is 2.39 bits per heavy atom. The lowest BCUT2D eigenvalue weighted by Gasteiger charge is -2.25. The lowest BCUT2D eigenvalue weighted by atomic mass is 10.2. The van der Waals surface area contributed by atoms with Gasteiger partial charge in [-0.1, -0.05) is 12.1 Å². The molecule has 0 spiro atoms. The number of carboxylic acids is 1. The van der Waals surface area contributed by atoms with Gasteiger partial charge in [-0.2, -0.15) is 0 Å². The summed E-state index contributed by atoms with van der Waals surface area (Å²) in [5.41, 5.74) is 1.23. The van der Waals surface area contributed by atoms with E-state index in [2.05, 4.69) is 49.3 Å². The van der Waals surface area contributed by atoms with Crippen LogP contribution in [0.25, 0.3) is 0 Å². The van der Waals surface area contributed by atoms with Crippen LogP contribution in [0.5, 0.6) is 0 Å². The second-order valence-electron chi connectivity index (χ2n) is 4.56. The summed E-state index contributed by atoms with van der Waals surface area (Å²) in [6.45, 7) is 5.59. The normalized spacial score (nSPS) is 11.2. The third-order valence-electron chi connectivity index (χ3n) is 2.89. The van der Waals surface area contributed by atoms with Crippen molar-refractivity contribution in [2.24, 2.45) is 0 Å². The van der Waals surface area contributed by atoms with Crippen molar-refractivity contribution in [2.75, 3.05) is 12.8 Å². The van der Waals surface area contributed by atoms with Crippen molar-refractivity contribution in [3.8, 4) is 0 Å². The highest BCUT2D eigenvalue weighted by Crippen LogP contribution is 2.16. The first-order chi connectivity index (χ1) is 8.52. The molecule has 0 amide bonds. The Bertz CT molecular complexity index is 376. The Kier molecular flexibility index (Phi) is 6.22. The van der Waals surface area contributed by atoms with E-state index < -0.39 is 5.97 Å². The summed E-state index contributed by atoms with van der Waals surface area (Å²) >= 11 is 1.73. The average Bonchev–Trinajstić information content (AvgIpc) is 2.34. The van der Waals surface area contributed by atoms with E-state index in [4.69, 9.17) is 5.11 Å². The molecule has 1 N–H and O–H groups in total. The first-order valence-electron chi connectivity index (χ1n) is 6.11. The third-order valence-corrected chi connectivity index (χ3v) is 3.63. The van der Waals surface area contributed by atoms with E-state index in [0.717, 1.165) is 6.54 Å². The van der Waals surface area contributed by atoms with Gasteiger partial charge in [0.1, 0.15) is 0 Å². The molecule has 0 aliphatic heterocycles. The van der Waals surface area contributed by atoms with Crippen molar-refractivity contribution in [3.05, 3.63) is 29.8 Å². The van der Waals surface area contributed by atoms with Crippen molar-refractivity contribution in [1.82, 2.24) is 4.90 Å². The van der Waals surface area contributed by atoms with Crippen molar-refractivity contribution in [2.45, 2.75) is 37.8 Å². The largest absolute Gasteiger partial charge is 0.481 e. The fourth-order valence-electron chi connectivity index (χ4n) is 1.72. The van der Waals surface area contributed by atoms with Crippen molar-refractivity contribution < 1.29 is 9.90 Å². The molecular weight excluding hydrogens is 246 g/mol. The molecule has 1 aromatic rings. The van der Waals surface area contributed by atoms with Gasteiger partial charge < -0.3 is 5.11 Å². The van der Waals surface area contributed by atoms with Gasteiger partial charge in [0.25, 0.3) is 0 Å². The first-order valence-corrected chi connectivity index (χ1v) is 7.34. The predicted octanol–water partition coefficient (Wildman–Crippen LogP) is 3.09. The van der Waals surface area contributed by atoms with E-state index in [1.165, 1.54) is 10.5 Å². The zero-order chi connectivity index (χ0) is 13.5. The maximum atomic E-state index is 10.6. The van der Waals surface area contributed by atoms with Gasteiger partial charge in [-0.25, -0.2) is 0 Å². The Hall–Kier alpha value is -1.00. The second-order valence-corrected chi connectivity index (χ2v) is 5.44. The molecule has 0 heterocycles. The Balaban J connectivity index is 2.61. The number of benzene rings is 1. The number of rotatable bonds is 7. The van der Waals surface area contributed by atoms with Crippen LogP contribution in [0, 0.1) is 0 Å². The summed E-state index contributed by atoms with van der Waals surface area (Å²) in [4.78, 5) is 14.1. The van der Waals surface area contributed by atoms with E-state index in [9.17, 15) is 4.79 Å². The van der Waals surface area contributed by atoms with Gasteiger partial charge in [0.2, 0.25) is 0 Å². The zero-order valence-corrected chi connectivity index (χ0v) is 12.0. The van der Waals surface area contributed by atoms with Gasteiger partial charge in [-0.05, 0) is 37.8 Å². The minimum absolute atomic E-state index is 0.196. The number of carbonyl (C=O) groups is 1. The molecule has 0 aliphatic rings. The maximum Gasteiger partial charge on any atom is 0.304 e. The Morgan fingerprint density at radius 1 is 1.33 bits per heavy atom. The molecule has 3 nitrogen and oxygen atoms in total. The molecule has 0 saturated carbocycles. The predicted molar refractivity (Wildman–Crippen MR) is 76.0 cm³/mol. The summed E-state index contributed by atoms with van der Waals surface area (Å²) in [5, 5.41) is 8.75. The quantitative estimate of drug-likeness (QED) is 0.771. The van der Waals surface area contributed by atoms with Crippen LogP contribution in [-0.2, 0) is 11.3 Å². The molecule has 1 aromatic carbocycles. The summed E-state index contributed by atoms with van der Waals surface area (Å²) < 4.78 is 0. The molecule has 1 rings (SSSR count). The molecule has 0 saturated heterocycles. The highest BCUT2D eigenvalue weighted by molar-refractivity contribution is 7.98. The van der Waals surface area contributed by atoms with Crippen LogP contribution in [0.2, 0.25) is 0 Å².